The Morgan fingerprint density at radius 2 is 1.50 bits per heavy atom. The first-order valence-electron chi connectivity index (χ1n) is 6.82. The molecule has 0 aliphatic rings. The van der Waals surface area contributed by atoms with Crippen molar-refractivity contribution in [3.05, 3.63) is 48.5 Å². The van der Waals surface area contributed by atoms with Crippen LogP contribution < -0.4 is 21.1 Å². The second-order valence-corrected chi connectivity index (χ2v) is 6.88. The fourth-order valence-corrected chi connectivity index (χ4v) is 2.65. The van der Waals surface area contributed by atoms with Gasteiger partial charge in [-0.2, -0.15) is 0 Å². The number of sulfonamides is 1. The van der Waals surface area contributed by atoms with Gasteiger partial charge in [-0.3, -0.25) is 4.79 Å². The second kappa shape index (κ2) is 7.39. The molecule has 0 bridgehead atoms. The van der Waals surface area contributed by atoms with Gasteiger partial charge in [0.2, 0.25) is 15.9 Å². The monoisotopic (exact) mass is 364 g/mol. The number of nitrogens with one attached hydrogen (secondary N) is 3. The molecule has 5 N–H and O–H groups in total. The van der Waals surface area contributed by atoms with E-state index >= 15 is 0 Å². The van der Waals surface area contributed by atoms with Crippen LogP contribution in [-0.2, 0) is 14.8 Å². The van der Waals surface area contributed by atoms with Crippen molar-refractivity contribution in [1.29, 1.82) is 0 Å². The zero-order valence-electron chi connectivity index (χ0n) is 12.7. The SMILES string of the molecule is CC(=O)Nc1cccc(NC(=S)Nc2ccc(S(N)(=O)=O)cc2)c1. The van der Waals surface area contributed by atoms with E-state index in [4.69, 9.17) is 17.4 Å². The molecule has 0 unspecified atom stereocenters. The average Bonchev–Trinajstić information content (AvgIpc) is 2.46. The number of hydrogen-bond acceptors (Lipinski definition) is 4. The topological polar surface area (TPSA) is 113 Å². The number of amides is 1. The largest absolute Gasteiger partial charge is 0.332 e. The molecule has 126 valence electrons. The Kier molecular flexibility index (Phi) is 5.50. The number of benzene rings is 2. The van der Waals surface area contributed by atoms with Gasteiger partial charge in [0.25, 0.3) is 0 Å². The lowest BCUT2D eigenvalue weighted by Gasteiger charge is -2.12. The molecule has 2 rings (SSSR count). The number of primary sulfonamides is 1. The van der Waals surface area contributed by atoms with E-state index in [2.05, 4.69) is 16.0 Å². The van der Waals surface area contributed by atoms with Gasteiger partial charge in [-0.1, -0.05) is 6.07 Å². The Balaban J connectivity index is 2.02. The lowest BCUT2D eigenvalue weighted by atomic mass is 10.2. The van der Waals surface area contributed by atoms with Crippen LogP contribution in [0.25, 0.3) is 0 Å². The third-order valence-electron chi connectivity index (χ3n) is 2.88. The summed E-state index contributed by atoms with van der Waals surface area (Å²) in [7, 11) is -3.72. The van der Waals surface area contributed by atoms with E-state index in [1.165, 1.54) is 19.1 Å². The van der Waals surface area contributed by atoms with E-state index in [9.17, 15) is 13.2 Å². The van der Waals surface area contributed by atoms with E-state index in [1.54, 1.807) is 36.4 Å². The Morgan fingerprint density at radius 1 is 0.958 bits per heavy atom. The van der Waals surface area contributed by atoms with Gasteiger partial charge in [0.1, 0.15) is 0 Å². The smallest absolute Gasteiger partial charge is 0.238 e. The zero-order valence-corrected chi connectivity index (χ0v) is 14.4. The van der Waals surface area contributed by atoms with E-state index in [1.807, 2.05) is 0 Å². The number of nitrogens with two attached hydrogens (primary N) is 1. The summed E-state index contributed by atoms with van der Waals surface area (Å²) in [6.45, 7) is 1.43. The Bertz CT molecular complexity index is 865. The summed E-state index contributed by atoms with van der Waals surface area (Å²) in [6.07, 6.45) is 0. The summed E-state index contributed by atoms with van der Waals surface area (Å²) >= 11 is 5.20. The molecule has 0 aliphatic heterocycles. The van der Waals surface area contributed by atoms with Crippen LogP contribution in [0.1, 0.15) is 6.92 Å². The second-order valence-electron chi connectivity index (χ2n) is 4.91. The van der Waals surface area contributed by atoms with Crippen molar-refractivity contribution in [2.24, 2.45) is 5.14 Å². The fraction of sp³-hybridized carbons (Fsp3) is 0.0667. The highest BCUT2D eigenvalue weighted by Gasteiger charge is 2.07. The van der Waals surface area contributed by atoms with Gasteiger partial charge in [-0.15, -0.1) is 0 Å². The summed E-state index contributed by atoms with van der Waals surface area (Å²) in [5.41, 5.74) is 1.95. The van der Waals surface area contributed by atoms with Crippen LogP contribution in [0, 0.1) is 0 Å². The van der Waals surface area contributed by atoms with Crippen molar-refractivity contribution in [2.75, 3.05) is 16.0 Å². The lowest BCUT2D eigenvalue weighted by molar-refractivity contribution is -0.114. The third-order valence-corrected chi connectivity index (χ3v) is 4.01. The maximum atomic E-state index is 11.2. The van der Waals surface area contributed by atoms with Crippen LogP contribution in [0.5, 0.6) is 0 Å². The number of rotatable bonds is 4. The molecule has 0 radical (unpaired) electrons. The van der Waals surface area contributed by atoms with Crippen molar-refractivity contribution >= 4 is 50.3 Å². The first kappa shape index (κ1) is 17.9. The predicted octanol–water partition coefficient (Wildman–Crippen LogP) is 2.10. The van der Waals surface area contributed by atoms with E-state index in [0.717, 1.165) is 0 Å². The van der Waals surface area contributed by atoms with Crippen LogP contribution in [0.2, 0.25) is 0 Å². The Hall–Kier alpha value is -2.49. The van der Waals surface area contributed by atoms with Gasteiger partial charge in [-0.05, 0) is 54.7 Å². The minimum absolute atomic E-state index is 0.0231. The zero-order chi connectivity index (χ0) is 17.7. The van der Waals surface area contributed by atoms with E-state index < -0.39 is 10.0 Å². The molecule has 0 heterocycles. The van der Waals surface area contributed by atoms with Gasteiger partial charge in [0, 0.05) is 24.0 Å². The molecule has 0 fully saturated rings. The minimum Gasteiger partial charge on any atom is -0.332 e. The molecule has 2 aromatic rings. The quantitative estimate of drug-likeness (QED) is 0.618. The normalized spacial score (nSPS) is 10.8. The number of carbonyl (C=O) groups is 1. The number of hydrogen-bond donors (Lipinski definition) is 4. The third kappa shape index (κ3) is 5.30. The summed E-state index contributed by atoms with van der Waals surface area (Å²) in [5.74, 6) is -0.164. The number of anilines is 3. The summed E-state index contributed by atoms with van der Waals surface area (Å²) < 4.78 is 22.4. The van der Waals surface area contributed by atoms with Crippen LogP contribution in [0.4, 0.5) is 17.1 Å². The molecule has 2 aromatic carbocycles. The standard InChI is InChI=1S/C15H16N4O3S2/c1-10(20)17-12-3-2-4-13(9-12)19-15(23)18-11-5-7-14(8-6-11)24(16,21)22/h2-9H,1H3,(H,17,20)(H2,16,21,22)(H2,18,19,23). The van der Waals surface area contributed by atoms with E-state index in [-0.39, 0.29) is 10.8 Å². The molecule has 0 saturated carbocycles. The highest BCUT2D eigenvalue weighted by Crippen LogP contribution is 2.16. The lowest BCUT2D eigenvalue weighted by Crippen LogP contribution is -2.19. The van der Waals surface area contributed by atoms with Gasteiger partial charge in [0.15, 0.2) is 5.11 Å². The highest BCUT2D eigenvalue weighted by atomic mass is 32.2. The van der Waals surface area contributed by atoms with E-state index in [0.29, 0.717) is 22.2 Å². The Labute approximate surface area is 145 Å². The number of carbonyl (C=O) groups excluding carboxylic acids is 1. The average molecular weight is 364 g/mol. The maximum absolute atomic E-state index is 11.2. The molecular formula is C15H16N4O3S2. The van der Waals surface area contributed by atoms with Gasteiger partial charge >= 0.3 is 0 Å². The van der Waals surface area contributed by atoms with Crippen molar-refractivity contribution in [3.8, 4) is 0 Å². The molecule has 0 saturated heterocycles. The molecule has 24 heavy (non-hydrogen) atoms. The minimum atomic E-state index is -3.72. The Morgan fingerprint density at radius 3 is 2.04 bits per heavy atom. The van der Waals surface area contributed by atoms with Gasteiger partial charge in [0.05, 0.1) is 4.90 Å². The predicted molar refractivity (Wildman–Crippen MR) is 98.4 cm³/mol. The highest BCUT2D eigenvalue weighted by molar-refractivity contribution is 7.89. The molecule has 0 aromatic heterocycles. The molecule has 1 amide bonds. The van der Waals surface area contributed by atoms with Crippen LogP contribution in [0.15, 0.2) is 53.4 Å². The molecule has 7 nitrogen and oxygen atoms in total. The van der Waals surface area contributed by atoms with Crippen molar-refractivity contribution in [1.82, 2.24) is 0 Å². The summed E-state index contributed by atoms with van der Waals surface area (Å²) in [4.78, 5) is 11.1. The van der Waals surface area contributed by atoms with Crippen molar-refractivity contribution < 1.29 is 13.2 Å². The first-order chi connectivity index (χ1) is 11.2. The molecule has 0 atom stereocenters. The maximum Gasteiger partial charge on any atom is 0.238 e. The van der Waals surface area contributed by atoms with Crippen LogP contribution in [-0.4, -0.2) is 19.4 Å². The van der Waals surface area contributed by atoms with Crippen LogP contribution in [0.3, 0.4) is 0 Å². The first-order valence-corrected chi connectivity index (χ1v) is 8.78. The molecule has 9 heteroatoms. The molecule has 0 spiro atoms. The van der Waals surface area contributed by atoms with Crippen molar-refractivity contribution in [2.45, 2.75) is 11.8 Å². The van der Waals surface area contributed by atoms with Gasteiger partial charge < -0.3 is 16.0 Å². The fourth-order valence-electron chi connectivity index (χ4n) is 1.90. The van der Waals surface area contributed by atoms with Gasteiger partial charge in [-0.25, -0.2) is 13.6 Å². The van der Waals surface area contributed by atoms with Crippen molar-refractivity contribution in [3.63, 3.8) is 0 Å². The summed E-state index contributed by atoms with van der Waals surface area (Å²) in [6, 6.07) is 13.0. The molecular weight excluding hydrogens is 348 g/mol. The molecule has 0 aliphatic carbocycles. The van der Waals surface area contributed by atoms with Crippen LogP contribution >= 0.6 is 12.2 Å². The number of thiocarbonyl (C=S) groups is 1. The summed E-state index contributed by atoms with van der Waals surface area (Å²) in [5, 5.41) is 13.9.